The SMILES string of the molecule is CCc1cc(CC(=O)OC)c(C(F)(F)F)cc1C(F)(F)F. The molecular weight excluding hydrogens is 302 g/mol. The van der Waals surface area contributed by atoms with Gasteiger partial charge in [-0.3, -0.25) is 4.79 Å². The molecule has 1 aromatic rings. The van der Waals surface area contributed by atoms with E-state index in [0.717, 1.165) is 13.2 Å². The van der Waals surface area contributed by atoms with Gasteiger partial charge in [-0.25, -0.2) is 0 Å². The molecule has 0 aliphatic carbocycles. The Kier molecular flexibility index (Phi) is 4.91. The molecule has 0 N–H and O–H groups in total. The molecule has 0 aliphatic rings. The monoisotopic (exact) mass is 314 g/mol. The Morgan fingerprint density at radius 3 is 1.86 bits per heavy atom. The van der Waals surface area contributed by atoms with E-state index in [1.165, 1.54) is 6.92 Å². The van der Waals surface area contributed by atoms with E-state index in [2.05, 4.69) is 4.74 Å². The van der Waals surface area contributed by atoms with Gasteiger partial charge in [0.05, 0.1) is 24.7 Å². The summed E-state index contributed by atoms with van der Waals surface area (Å²) in [5.74, 6) is -0.956. The number of hydrogen-bond acceptors (Lipinski definition) is 2. The maximum absolute atomic E-state index is 12.9. The second kappa shape index (κ2) is 5.95. The van der Waals surface area contributed by atoms with Gasteiger partial charge in [-0.15, -0.1) is 0 Å². The van der Waals surface area contributed by atoms with Gasteiger partial charge < -0.3 is 4.74 Å². The molecule has 0 saturated carbocycles. The second-order valence-electron chi connectivity index (χ2n) is 4.27. The first-order chi connectivity index (χ1) is 9.50. The smallest absolute Gasteiger partial charge is 0.416 e. The molecule has 0 heterocycles. The van der Waals surface area contributed by atoms with Crippen molar-refractivity contribution in [3.05, 3.63) is 34.4 Å². The fraction of sp³-hybridized carbons (Fsp3) is 0.462. The van der Waals surface area contributed by atoms with Crippen molar-refractivity contribution in [1.82, 2.24) is 0 Å². The number of methoxy groups -OCH3 is 1. The molecule has 1 rings (SSSR count). The summed E-state index contributed by atoms with van der Waals surface area (Å²) in [7, 11) is 0.987. The van der Waals surface area contributed by atoms with Crippen LogP contribution in [0.3, 0.4) is 0 Å². The lowest BCUT2D eigenvalue weighted by Crippen LogP contribution is -2.18. The van der Waals surface area contributed by atoms with E-state index in [9.17, 15) is 31.1 Å². The van der Waals surface area contributed by atoms with E-state index in [1.807, 2.05) is 0 Å². The van der Waals surface area contributed by atoms with Crippen molar-refractivity contribution >= 4 is 5.97 Å². The van der Waals surface area contributed by atoms with Gasteiger partial charge >= 0.3 is 18.3 Å². The first-order valence-corrected chi connectivity index (χ1v) is 5.87. The Labute approximate surface area is 116 Å². The van der Waals surface area contributed by atoms with Crippen molar-refractivity contribution in [2.45, 2.75) is 32.1 Å². The molecule has 0 spiro atoms. The van der Waals surface area contributed by atoms with Crippen LogP contribution in [0.5, 0.6) is 0 Å². The Morgan fingerprint density at radius 2 is 1.48 bits per heavy atom. The van der Waals surface area contributed by atoms with E-state index in [-0.39, 0.29) is 18.1 Å². The van der Waals surface area contributed by atoms with Gasteiger partial charge in [0.2, 0.25) is 0 Å². The third kappa shape index (κ3) is 4.12. The molecule has 0 fully saturated rings. The average molecular weight is 314 g/mol. The molecule has 118 valence electrons. The van der Waals surface area contributed by atoms with Crippen molar-refractivity contribution in [2.75, 3.05) is 7.11 Å². The van der Waals surface area contributed by atoms with Gasteiger partial charge in [0.25, 0.3) is 0 Å². The zero-order valence-electron chi connectivity index (χ0n) is 11.2. The molecule has 0 aliphatic heterocycles. The Bertz CT molecular complexity index is 531. The molecule has 0 bridgehead atoms. The third-order valence-corrected chi connectivity index (χ3v) is 2.88. The van der Waals surface area contributed by atoms with Gasteiger partial charge in [0.1, 0.15) is 0 Å². The Hall–Kier alpha value is -1.73. The van der Waals surface area contributed by atoms with Crippen LogP contribution in [0, 0.1) is 0 Å². The van der Waals surface area contributed by atoms with Crippen molar-refractivity contribution in [3.63, 3.8) is 0 Å². The predicted molar refractivity (Wildman–Crippen MR) is 61.5 cm³/mol. The molecule has 0 radical (unpaired) electrons. The number of carbonyl (C=O) groups excluding carboxylic acids is 1. The van der Waals surface area contributed by atoms with Crippen LogP contribution in [0.25, 0.3) is 0 Å². The number of aryl methyl sites for hydroxylation is 1. The number of carbonyl (C=O) groups is 1. The lowest BCUT2D eigenvalue weighted by molar-refractivity contribution is -0.144. The average Bonchev–Trinajstić information content (AvgIpc) is 2.35. The van der Waals surface area contributed by atoms with Crippen molar-refractivity contribution in [2.24, 2.45) is 0 Å². The van der Waals surface area contributed by atoms with Crippen LogP contribution in [-0.4, -0.2) is 13.1 Å². The summed E-state index contributed by atoms with van der Waals surface area (Å²) in [4.78, 5) is 11.1. The molecule has 21 heavy (non-hydrogen) atoms. The van der Waals surface area contributed by atoms with Gasteiger partial charge in [-0.1, -0.05) is 13.0 Å². The number of alkyl halides is 6. The van der Waals surface area contributed by atoms with Crippen LogP contribution in [0.2, 0.25) is 0 Å². The summed E-state index contributed by atoms with van der Waals surface area (Å²) in [6.07, 6.45) is -10.7. The van der Waals surface area contributed by atoms with E-state index in [1.54, 1.807) is 0 Å². The minimum Gasteiger partial charge on any atom is -0.469 e. The summed E-state index contributed by atoms with van der Waals surface area (Å²) >= 11 is 0. The number of esters is 1. The van der Waals surface area contributed by atoms with Crippen LogP contribution in [0.4, 0.5) is 26.3 Å². The molecule has 0 atom stereocenters. The summed E-state index contributed by atoms with van der Waals surface area (Å²) in [6, 6.07) is 0.819. The predicted octanol–water partition coefficient (Wildman–Crippen LogP) is 4.00. The van der Waals surface area contributed by atoms with Crippen LogP contribution < -0.4 is 0 Å². The largest absolute Gasteiger partial charge is 0.469 e. The molecular formula is C13H12F6O2. The molecule has 0 aromatic heterocycles. The number of benzene rings is 1. The van der Waals surface area contributed by atoms with Gasteiger partial charge in [0, 0.05) is 0 Å². The van der Waals surface area contributed by atoms with Crippen LogP contribution >= 0.6 is 0 Å². The van der Waals surface area contributed by atoms with Crippen LogP contribution in [0.15, 0.2) is 12.1 Å². The minimum absolute atomic E-state index is 0.0527. The fourth-order valence-electron chi connectivity index (χ4n) is 1.89. The Balaban J connectivity index is 3.53. The summed E-state index contributed by atoms with van der Waals surface area (Å²) in [5.41, 5.74) is -3.64. The number of rotatable bonds is 3. The van der Waals surface area contributed by atoms with Crippen LogP contribution in [0.1, 0.15) is 29.2 Å². The second-order valence-corrected chi connectivity index (χ2v) is 4.27. The highest BCUT2D eigenvalue weighted by atomic mass is 19.4. The molecule has 8 heteroatoms. The first-order valence-electron chi connectivity index (χ1n) is 5.87. The third-order valence-electron chi connectivity index (χ3n) is 2.88. The summed E-state index contributed by atoms with van der Waals surface area (Å²) in [5, 5.41) is 0. The standard InChI is InChI=1S/C13H12F6O2/c1-3-7-4-8(5-11(20)21-2)10(13(17,18)19)6-9(7)12(14,15)16/h4,6H,3,5H2,1-2H3. The number of halogens is 6. The number of ether oxygens (including phenoxy) is 1. The lowest BCUT2D eigenvalue weighted by atomic mass is 9.94. The Morgan fingerprint density at radius 1 is 1.00 bits per heavy atom. The molecule has 0 amide bonds. The van der Waals surface area contributed by atoms with E-state index >= 15 is 0 Å². The van der Waals surface area contributed by atoms with E-state index < -0.39 is 41.4 Å². The minimum atomic E-state index is -4.99. The van der Waals surface area contributed by atoms with Crippen LogP contribution in [-0.2, 0) is 34.7 Å². The molecule has 0 saturated heterocycles. The highest BCUT2D eigenvalue weighted by Crippen LogP contribution is 2.39. The summed E-state index contributed by atoms with van der Waals surface area (Å²) in [6.45, 7) is 1.39. The quantitative estimate of drug-likeness (QED) is 0.622. The van der Waals surface area contributed by atoms with Gasteiger partial charge in [-0.05, 0) is 23.6 Å². The maximum Gasteiger partial charge on any atom is 0.416 e. The van der Waals surface area contributed by atoms with Crippen molar-refractivity contribution < 1.29 is 35.9 Å². The van der Waals surface area contributed by atoms with E-state index in [0.29, 0.717) is 0 Å². The normalized spacial score (nSPS) is 12.4. The maximum atomic E-state index is 12.9. The lowest BCUT2D eigenvalue weighted by Gasteiger charge is -2.18. The van der Waals surface area contributed by atoms with Crippen molar-refractivity contribution in [3.8, 4) is 0 Å². The highest BCUT2D eigenvalue weighted by Gasteiger charge is 2.40. The highest BCUT2D eigenvalue weighted by molar-refractivity contribution is 5.73. The molecule has 1 aromatic carbocycles. The van der Waals surface area contributed by atoms with E-state index in [4.69, 9.17) is 0 Å². The van der Waals surface area contributed by atoms with Crippen molar-refractivity contribution in [1.29, 1.82) is 0 Å². The molecule has 0 unspecified atom stereocenters. The zero-order chi connectivity index (χ0) is 16.4. The fourth-order valence-corrected chi connectivity index (χ4v) is 1.89. The molecule has 2 nitrogen and oxygen atoms in total. The van der Waals surface area contributed by atoms with Gasteiger partial charge in [-0.2, -0.15) is 26.3 Å². The summed E-state index contributed by atoms with van der Waals surface area (Å²) < 4.78 is 81.3. The first kappa shape index (κ1) is 17.3. The zero-order valence-corrected chi connectivity index (χ0v) is 11.2. The topological polar surface area (TPSA) is 26.3 Å². The number of hydrogen-bond donors (Lipinski definition) is 0. The van der Waals surface area contributed by atoms with Gasteiger partial charge in [0.15, 0.2) is 0 Å².